The van der Waals surface area contributed by atoms with Gasteiger partial charge < -0.3 is 5.73 Å². The minimum absolute atomic E-state index is 0.575. The molecule has 2 aromatic heterocycles. The lowest BCUT2D eigenvalue weighted by Crippen LogP contribution is -1.95. The van der Waals surface area contributed by atoms with Crippen molar-refractivity contribution in [1.82, 2.24) is 9.97 Å². The van der Waals surface area contributed by atoms with Crippen molar-refractivity contribution in [2.45, 2.75) is 6.92 Å². The zero-order valence-electron chi connectivity index (χ0n) is 8.94. The van der Waals surface area contributed by atoms with Gasteiger partial charge >= 0.3 is 0 Å². The maximum Gasteiger partial charge on any atom is 0.127 e. The number of hydrogen-bond donors (Lipinski definition) is 1. The molecule has 0 aliphatic carbocycles. The van der Waals surface area contributed by atoms with Gasteiger partial charge in [0.15, 0.2) is 0 Å². The molecule has 0 atom stereocenters. The van der Waals surface area contributed by atoms with E-state index in [4.69, 9.17) is 5.73 Å². The molecule has 0 unspecified atom stereocenters. The number of rotatable bonds is 0. The Hall–Kier alpha value is -2.16. The van der Waals surface area contributed by atoms with E-state index in [2.05, 4.69) is 22.1 Å². The normalized spacial score (nSPS) is 11.1. The number of pyridine rings is 2. The summed E-state index contributed by atoms with van der Waals surface area (Å²) in [6.45, 7) is 1.96. The summed E-state index contributed by atoms with van der Waals surface area (Å²) in [5, 5.41) is 2.17. The molecule has 3 rings (SSSR count). The van der Waals surface area contributed by atoms with E-state index in [9.17, 15) is 0 Å². The summed E-state index contributed by atoms with van der Waals surface area (Å²) < 4.78 is 0. The van der Waals surface area contributed by atoms with Gasteiger partial charge in [-0.15, -0.1) is 0 Å². The maximum atomic E-state index is 5.84. The number of nitrogen functional groups attached to an aromatic ring is 1. The van der Waals surface area contributed by atoms with Crippen molar-refractivity contribution in [3.8, 4) is 0 Å². The van der Waals surface area contributed by atoms with Crippen LogP contribution in [0, 0.1) is 6.92 Å². The second-order valence-electron chi connectivity index (χ2n) is 3.90. The van der Waals surface area contributed by atoms with E-state index in [1.165, 1.54) is 0 Å². The summed E-state index contributed by atoms with van der Waals surface area (Å²) in [6, 6.07) is 10.1. The molecule has 2 heterocycles. The van der Waals surface area contributed by atoms with E-state index in [1.54, 1.807) is 6.20 Å². The Morgan fingerprint density at radius 1 is 1.06 bits per heavy atom. The number of fused-ring (bicyclic) bond motifs is 3. The number of nitrogens with zero attached hydrogens (tertiary/aromatic N) is 2. The third kappa shape index (κ3) is 1.21. The first kappa shape index (κ1) is 9.09. The summed E-state index contributed by atoms with van der Waals surface area (Å²) >= 11 is 0. The van der Waals surface area contributed by atoms with Crippen molar-refractivity contribution in [3.63, 3.8) is 0 Å². The fourth-order valence-electron chi connectivity index (χ4n) is 1.90. The fourth-order valence-corrected chi connectivity index (χ4v) is 1.90. The Balaban J connectivity index is 2.55. The molecule has 1 aromatic carbocycles. The highest BCUT2D eigenvalue weighted by Gasteiger charge is 2.04. The second kappa shape index (κ2) is 3.17. The van der Waals surface area contributed by atoms with Crippen LogP contribution in [0.4, 0.5) is 5.82 Å². The average Bonchev–Trinajstić information content (AvgIpc) is 2.31. The summed E-state index contributed by atoms with van der Waals surface area (Å²) in [5.41, 5.74) is 8.63. The van der Waals surface area contributed by atoms with Gasteiger partial charge in [-0.05, 0) is 24.6 Å². The third-order valence-electron chi connectivity index (χ3n) is 2.79. The van der Waals surface area contributed by atoms with E-state index in [-0.39, 0.29) is 0 Å². The zero-order valence-corrected chi connectivity index (χ0v) is 8.94. The van der Waals surface area contributed by atoms with Gasteiger partial charge in [0, 0.05) is 17.0 Å². The van der Waals surface area contributed by atoms with Crippen LogP contribution < -0.4 is 5.73 Å². The van der Waals surface area contributed by atoms with E-state index in [0.29, 0.717) is 5.82 Å². The minimum atomic E-state index is 0.575. The molecule has 0 bridgehead atoms. The van der Waals surface area contributed by atoms with E-state index < -0.39 is 0 Å². The predicted octanol–water partition coefficient (Wildman–Crippen LogP) is 2.67. The van der Waals surface area contributed by atoms with E-state index in [1.807, 2.05) is 25.1 Å². The summed E-state index contributed by atoms with van der Waals surface area (Å²) in [7, 11) is 0. The van der Waals surface area contributed by atoms with Crippen molar-refractivity contribution >= 4 is 27.6 Å². The third-order valence-corrected chi connectivity index (χ3v) is 2.79. The zero-order chi connectivity index (χ0) is 11.1. The van der Waals surface area contributed by atoms with Gasteiger partial charge in [0.2, 0.25) is 0 Å². The van der Waals surface area contributed by atoms with Crippen LogP contribution >= 0.6 is 0 Å². The van der Waals surface area contributed by atoms with Crippen LogP contribution in [0.3, 0.4) is 0 Å². The molecule has 16 heavy (non-hydrogen) atoms. The molecule has 2 N–H and O–H groups in total. The topological polar surface area (TPSA) is 51.8 Å². The maximum absolute atomic E-state index is 5.84. The lowest BCUT2D eigenvalue weighted by atomic mass is 10.1. The lowest BCUT2D eigenvalue weighted by Gasteiger charge is -2.05. The number of hydrogen-bond acceptors (Lipinski definition) is 3. The Bertz CT molecular complexity index is 689. The summed E-state index contributed by atoms with van der Waals surface area (Å²) in [5.74, 6) is 0.575. The number of anilines is 1. The van der Waals surface area contributed by atoms with Gasteiger partial charge in [-0.2, -0.15) is 0 Å². The molecule has 0 saturated heterocycles. The molecule has 0 aliphatic heterocycles. The van der Waals surface area contributed by atoms with Crippen LogP contribution in [0.1, 0.15) is 5.56 Å². The van der Waals surface area contributed by atoms with Gasteiger partial charge in [-0.3, -0.25) is 4.98 Å². The van der Waals surface area contributed by atoms with E-state index >= 15 is 0 Å². The average molecular weight is 209 g/mol. The standard InChI is InChI=1S/C13H11N3/c1-8-7-10-5-4-9-3-2-6-15-11(9)12(10)16-13(8)14/h2-7H,1H3,(H2,14,16). The quantitative estimate of drug-likeness (QED) is 0.579. The highest BCUT2D eigenvalue weighted by molar-refractivity contribution is 6.03. The van der Waals surface area contributed by atoms with Crippen molar-refractivity contribution in [3.05, 3.63) is 42.1 Å². The highest BCUT2D eigenvalue weighted by atomic mass is 14.9. The molecule has 3 aromatic rings. The first-order valence-corrected chi connectivity index (χ1v) is 5.16. The second-order valence-corrected chi connectivity index (χ2v) is 3.90. The molecular formula is C13H11N3. The Labute approximate surface area is 92.9 Å². The Morgan fingerprint density at radius 2 is 1.88 bits per heavy atom. The molecule has 0 spiro atoms. The molecule has 3 heteroatoms. The van der Waals surface area contributed by atoms with E-state index in [0.717, 1.165) is 27.4 Å². The number of aryl methyl sites for hydroxylation is 1. The monoisotopic (exact) mass is 209 g/mol. The van der Waals surface area contributed by atoms with Crippen molar-refractivity contribution in [2.75, 3.05) is 5.73 Å². The Kier molecular flexibility index (Phi) is 1.80. The molecular weight excluding hydrogens is 198 g/mol. The first-order chi connectivity index (χ1) is 7.75. The number of benzene rings is 1. The molecule has 0 radical (unpaired) electrons. The molecule has 0 aliphatic rings. The summed E-state index contributed by atoms with van der Waals surface area (Å²) in [6.07, 6.45) is 1.78. The minimum Gasteiger partial charge on any atom is -0.383 e. The molecule has 78 valence electrons. The molecule has 3 nitrogen and oxygen atoms in total. The van der Waals surface area contributed by atoms with Crippen LogP contribution in [0.25, 0.3) is 21.8 Å². The van der Waals surface area contributed by atoms with Gasteiger partial charge in [0.05, 0.1) is 11.0 Å². The number of aromatic nitrogens is 2. The van der Waals surface area contributed by atoms with Gasteiger partial charge in [0.1, 0.15) is 5.82 Å². The van der Waals surface area contributed by atoms with Crippen molar-refractivity contribution < 1.29 is 0 Å². The number of nitrogens with two attached hydrogens (primary N) is 1. The Morgan fingerprint density at radius 3 is 2.75 bits per heavy atom. The SMILES string of the molecule is Cc1cc2ccc3cccnc3c2nc1N. The lowest BCUT2D eigenvalue weighted by molar-refractivity contribution is 1.33. The molecule has 0 saturated carbocycles. The van der Waals surface area contributed by atoms with Gasteiger partial charge in [-0.1, -0.05) is 18.2 Å². The van der Waals surface area contributed by atoms with Crippen LogP contribution in [0.2, 0.25) is 0 Å². The first-order valence-electron chi connectivity index (χ1n) is 5.16. The van der Waals surface area contributed by atoms with Crippen LogP contribution in [-0.2, 0) is 0 Å². The van der Waals surface area contributed by atoms with Gasteiger partial charge in [-0.25, -0.2) is 4.98 Å². The van der Waals surface area contributed by atoms with Crippen LogP contribution in [0.15, 0.2) is 36.5 Å². The predicted molar refractivity (Wildman–Crippen MR) is 66.2 cm³/mol. The highest BCUT2D eigenvalue weighted by Crippen LogP contribution is 2.24. The van der Waals surface area contributed by atoms with Gasteiger partial charge in [0.25, 0.3) is 0 Å². The van der Waals surface area contributed by atoms with Crippen LogP contribution in [-0.4, -0.2) is 9.97 Å². The summed E-state index contributed by atoms with van der Waals surface area (Å²) in [4.78, 5) is 8.78. The smallest absolute Gasteiger partial charge is 0.127 e. The molecule has 0 fully saturated rings. The fraction of sp³-hybridized carbons (Fsp3) is 0.0769. The largest absolute Gasteiger partial charge is 0.383 e. The van der Waals surface area contributed by atoms with Crippen molar-refractivity contribution in [2.24, 2.45) is 0 Å². The van der Waals surface area contributed by atoms with Crippen LogP contribution in [0.5, 0.6) is 0 Å². The van der Waals surface area contributed by atoms with Crippen molar-refractivity contribution in [1.29, 1.82) is 0 Å². The molecule has 0 amide bonds.